The normalized spacial score (nSPS) is 15.6. The van der Waals surface area contributed by atoms with Gasteiger partial charge in [-0.2, -0.15) is 0 Å². The number of carbonyl (C=O) groups excluding carboxylic acids is 1. The van der Waals surface area contributed by atoms with E-state index in [-0.39, 0.29) is 5.91 Å². The molecule has 1 amide bonds. The number of para-hydroxylation sites is 2. The molecule has 0 radical (unpaired) electrons. The number of amides is 1. The van der Waals surface area contributed by atoms with Crippen LogP contribution in [0.5, 0.6) is 0 Å². The second-order valence-corrected chi connectivity index (χ2v) is 8.37. The average molecular weight is 396 g/mol. The summed E-state index contributed by atoms with van der Waals surface area (Å²) in [5.41, 5.74) is 2.75. The fourth-order valence-corrected chi connectivity index (χ4v) is 4.46. The highest BCUT2D eigenvalue weighted by Gasteiger charge is 2.45. The molecule has 4 rings (SSSR count). The van der Waals surface area contributed by atoms with Crippen LogP contribution in [0.15, 0.2) is 48.5 Å². The summed E-state index contributed by atoms with van der Waals surface area (Å²) in [5.74, 6) is 1.12. The van der Waals surface area contributed by atoms with Gasteiger partial charge in [0.15, 0.2) is 0 Å². The molecule has 3 aromatic rings. The zero-order valence-electron chi connectivity index (χ0n) is 16.4. The second kappa shape index (κ2) is 7.59. The fourth-order valence-electron chi connectivity index (χ4n) is 4.27. The highest BCUT2D eigenvalue weighted by Crippen LogP contribution is 2.44. The van der Waals surface area contributed by atoms with E-state index in [1.165, 1.54) is 0 Å². The van der Waals surface area contributed by atoms with E-state index in [4.69, 9.17) is 16.6 Å². The molecule has 146 valence electrons. The maximum atomic E-state index is 13.1. The number of rotatable bonds is 6. The van der Waals surface area contributed by atoms with Gasteiger partial charge in [0.05, 0.1) is 16.4 Å². The lowest BCUT2D eigenvalue weighted by molar-refractivity contribution is -0.129. The van der Waals surface area contributed by atoms with Crippen LogP contribution in [-0.2, 0) is 16.6 Å². The van der Waals surface area contributed by atoms with Gasteiger partial charge in [-0.15, -0.1) is 0 Å². The van der Waals surface area contributed by atoms with Crippen LogP contribution in [0.4, 0.5) is 0 Å². The Bertz CT molecular complexity index is 1000. The highest BCUT2D eigenvalue weighted by atomic mass is 35.5. The van der Waals surface area contributed by atoms with Gasteiger partial charge in [-0.3, -0.25) is 4.79 Å². The molecule has 1 aromatic heterocycles. The average Bonchev–Trinajstić information content (AvgIpc) is 2.99. The zero-order valence-corrected chi connectivity index (χ0v) is 17.2. The quantitative estimate of drug-likeness (QED) is 0.634. The number of hydrogen-bond donors (Lipinski definition) is 1. The molecule has 1 aliphatic rings. The van der Waals surface area contributed by atoms with Crippen molar-refractivity contribution in [3.05, 3.63) is 64.9 Å². The van der Waals surface area contributed by atoms with Gasteiger partial charge in [-0.25, -0.2) is 4.98 Å². The molecule has 0 saturated heterocycles. The Kier molecular flexibility index (Phi) is 5.15. The van der Waals surface area contributed by atoms with Crippen molar-refractivity contribution in [1.29, 1.82) is 0 Å². The number of carbonyl (C=O) groups is 1. The van der Waals surface area contributed by atoms with Crippen LogP contribution < -0.4 is 5.32 Å². The van der Waals surface area contributed by atoms with Gasteiger partial charge in [-0.05, 0) is 56.5 Å². The van der Waals surface area contributed by atoms with Crippen LogP contribution in [-0.4, -0.2) is 22.0 Å². The van der Waals surface area contributed by atoms with Gasteiger partial charge in [0.1, 0.15) is 5.82 Å². The van der Waals surface area contributed by atoms with Crippen molar-refractivity contribution in [2.24, 2.45) is 0 Å². The number of nitrogens with one attached hydrogen (secondary N) is 1. The van der Waals surface area contributed by atoms with Gasteiger partial charge in [0, 0.05) is 24.0 Å². The summed E-state index contributed by atoms with van der Waals surface area (Å²) in [5, 5.41) is 3.85. The molecule has 5 heteroatoms. The Morgan fingerprint density at radius 3 is 2.68 bits per heavy atom. The van der Waals surface area contributed by atoms with E-state index in [0.29, 0.717) is 24.0 Å². The molecule has 1 fully saturated rings. The van der Waals surface area contributed by atoms with Crippen molar-refractivity contribution < 1.29 is 4.79 Å². The number of benzene rings is 2. The summed E-state index contributed by atoms with van der Waals surface area (Å²) in [6.07, 6.45) is 3.54. The molecule has 28 heavy (non-hydrogen) atoms. The Morgan fingerprint density at radius 2 is 2.00 bits per heavy atom. The minimum absolute atomic E-state index is 0.105. The lowest BCUT2D eigenvalue weighted by atomic mass is 9.64. The van der Waals surface area contributed by atoms with Crippen LogP contribution >= 0.6 is 11.6 Å². The molecule has 0 bridgehead atoms. The van der Waals surface area contributed by atoms with Gasteiger partial charge in [0.2, 0.25) is 5.91 Å². The van der Waals surface area contributed by atoms with Gasteiger partial charge >= 0.3 is 0 Å². The molecule has 1 saturated carbocycles. The Hall–Kier alpha value is -2.33. The third kappa shape index (κ3) is 3.30. The van der Waals surface area contributed by atoms with E-state index in [1.54, 1.807) is 0 Å². The molecule has 1 aliphatic carbocycles. The molecule has 0 aliphatic heterocycles. The Labute approximate surface area is 170 Å². The largest absolute Gasteiger partial charge is 0.355 e. The van der Waals surface area contributed by atoms with Gasteiger partial charge in [-0.1, -0.05) is 42.3 Å². The van der Waals surface area contributed by atoms with Crippen LogP contribution in [0.3, 0.4) is 0 Å². The second-order valence-electron chi connectivity index (χ2n) is 7.93. The van der Waals surface area contributed by atoms with Crippen LogP contribution in [0.2, 0.25) is 5.02 Å². The Morgan fingerprint density at radius 1 is 1.21 bits per heavy atom. The topological polar surface area (TPSA) is 46.9 Å². The van der Waals surface area contributed by atoms with Crippen LogP contribution in [0, 0.1) is 0 Å². The zero-order chi connectivity index (χ0) is 19.7. The van der Waals surface area contributed by atoms with E-state index in [9.17, 15) is 4.79 Å². The van der Waals surface area contributed by atoms with Crippen LogP contribution in [0.1, 0.15) is 50.5 Å². The number of aromatic nitrogens is 2. The first-order valence-corrected chi connectivity index (χ1v) is 10.4. The number of imidazole rings is 1. The minimum Gasteiger partial charge on any atom is -0.355 e. The smallest absolute Gasteiger partial charge is 0.230 e. The Balaban J connectivity index is 1.49. The van der Waals surface area contributed by atoms with Crippen molar-refractivity contribution in [3.8, 4) is 0 Å². The monoisotopic (exact) mass is 395 g/mol. The van der Waals surface area contributed by atoms with Crippen LogP contribution in [0.25, 0.3) is 11.0 Å². The van der Waals surface area contributed by atoms with E-state index in [2.05, 4.69) is 29.8 Å². The first-order chi connectivity index (χ1) is 13.5. The van der Waals surface area contributed by atoms with E-state index in [1.807, 2.05) is 42.5 Å². The maximum absolute atomic E-state index is 13.1. The molecule has 2 aromatic carbocycles. The number of nitrogens with zero attached hydrogens (tertiary/aromatic N) is 2. The molecule has 1 heterocycles. The minimum atomic E-state index is -0.427. The predicted molar refractivity (Wildman–Crippen MR) is 114 cm³/mol. The summed E-state index contributed by atoms with van der Waals surface area (Å²) >= 11 is 6.16. The summed E-state index contributed by atoms with van der Waals surface area (Å²) in [6, 6.07) is 16.2. The van der Waals surface area contributed by atoms with Crippen molar-refractivity contribution in [2.75, 3.05) is 6.54 Å². The predicted octanol–water partition coefficient (Wildman–Crippen LogP) is 5.05. The lowest BCUT2D eigenvalue weighted by Crippen LogP contribution is -2.49. The maximum Gasteiger partial charge on any atom is 0.230 e. The summed E-state index contributed by atoms with van der Waals surface area (Å²) in [4.78, 5) is 17.8. The number of halogens is 1. The van der Waals surface area contributed by atoms with Crippen molar-refractivity contribution in [2.45, 2.75) is 51.0 Å². The molecule has 0 spiro atoms. The summed E-state index contributed by atoms with van der Waals surface area (Å²) < 4.78 is 2.26. The van der Waals surface area contributed by atoms with Crippen molar-refractivity contribution in [3.63, 3.8) is 0 Å². The van der Waals surface area contributed by atoms with Gasteiger partial charge in [0.25, 0.3) is 0 Å². The summed E-state index contributed by atoms with van der Waals surface area (Å²) in [6.45, 7) is 4.91. The molecule has 1 N–H and O–H groups in total. The standard InChI is InChI=1S/C23H26ClN3O/c1-16(2)27-20-10-4-3-9-19(20)26-21(27)11-14-25-22(28)23(12-6-13-23)17-7-5-8-18(24)15-17/h3-5,7-10,15-16H,6,11-14H2,1-2H3,(H,25,28). The van der Waals surface area contributed by atoms with E-state index >= 15 is 0 Å². The SMILES string of the molecule is CC(C)n1c(CCNC(=O)C2(c3cccc(Cl)c3)CCC2)nc2ccccc21. The third-order valence-corrected chi connectivity index (χ3v) is 6.07. The highest BCUT2D eigenvalue weighted by molar-refractivity contribution is 6.30. The molecular weight excluding hydrogens is 370 g/mol. The first kappa shape index (κ1) is 19.0. The molecule has 0 atom stereocenters. The van der Waals surface area contributed by atoms with E-state index < -0.39 is 5.41 Å². The van der Waals surface area contributed by atoms with Crippen molar-refractivity contribution >= 4 is 28.5 Å². The van der Waals surface area contributed by atoms with E-state index in [0.717, 1.165) is 41.7 Å². The third-order valence-electron chi connectivity index (χ3n) is 5.84. The number of fused-ring (bicyclic) bond motifs is 1. The van der Waals surface area contributed by atoms with Gasteiger partial charge < -0.3 is 9.88 Å². The fraction of sp³-hybridized carbons (Fsp3) is 0.391. The number of hydrogen-bond acceptors (Lipinski definition) is 2. The molecule has 0 unspecified atom stereocenters. The molecular formula is C23H26ClN3O. The first-order valence-electron chi connectivity index (χ1n) is 10.0. The van der Waals surface area contributed by atoms with Crippen molar-refractivity contribution in [1.82, 2.24) is 14.9 Å². The molecule has 4 nitrogen and oxygen atoms in total. The summed E-state index contributed by atoms with van der Waals surface area (Å²) in [7, 11) is 0. The lowest BCUT2D eigenvalue weighted by Gasteiger charge is -2.40.